The molecule has 10 nitrogen and oxygen atoms in total. The van der Waals surface area contributed by atoms with Gasteiger partial charge < -0.3 is 10.2 Å². The van der Waals surface area contributed by atoms with Crippen LogP contribution >= 0.6 is 0 Å². The van der Waals surface area contributed by atoms with E-state index in [1.807, 2.05) is 36.0 Å². The van der Waals surface area contributed by atoms with Crippen LogP contribution in [0.2, 0.25) is 0 Å². The Morgan fingerprint density at radius 3 is 2.59 bits per heavy atom. The lowest BCUT2D eigenvalue weighted by atomic mass is 10.1. The first-order chi connectivity index (χ1) is 18.6. The molecule has 0 bridgehead atoms. The second kappa shape index (κ2) is 9.19. The molecule has 0 unspecified atom stereocenters. The highest BCUT2D eigenvalue weighted by atomic mass is 32.2. The Kier molecular flexibility index (Phi) is 5.91. The zero-order valence-corrected chi connectivity index (χ0v) is 23.0. The third kappa shape index (κ3) is 4.32. The standard InChI is InChI=1S/C28H29N7O3S/c1-17(2)34-16-21(15-30-34)27-18(3)14-29-28(32-27)31-22-5-7-25-19(11-22)9-10-35(25)39(37,38)23-6-8-24-20(12-23)13-26(36)33(24)4/h5-8,11-12,14-17H,9-10,13H2,1-4H3,(H,29,31,32). The number of carbonyl (C=O) groups excluding carboxylic acids is 1. The van der Waals surface area contributed by atoms with Gasteiger partial charge in [-0.05, 0) is 80.3 Å². The van der Waals surface area contributed by atoms with Gasteiger partial charge in [0.25, 0.3) is 10.0 Å². The fourth-order valence-electron chi connectivity index (χ4n) is 5.10. The molecule has 1 N–H and O–H groups in total. The normalized spacial score (nSPS) is 14.7. The Hall–Kier alpha value is -4.25. The molecule has 0 fully saturated rings. The first kappa shape index (κ1) is 25.1. The van der Waals surface area contributed by atoms with Gasteiger partial charge in [-0.3, -0.25) is 13.8 Å². The lowest BCUT2D eigenvalue weighted by molar-refractivity contribution is -0.117. The second-order valence-corrected chi connectivity index (χ2v) is 12.1. The molecule has 0 aliphatic carbocycles. The van der Waals surface area contributed by atoms with Crippen LogP contribution in [0.5, 0.6) is 0 Å². The van der Waals surface area contributed by atoms with E-state index in [0.29, 0.717) is 24.6 Å². The summed E-state index contributed by atoms with van der Waals surface area (Å²) in [7, 11) is -2.07. The Labute approximate surface area is 227 Å². The van der Waals surface area contributed by atoms with Crippen LogP contribution in [0.15, 0.2) is 59.9 Å². The van der Waals surface area contributed by atoms with Gasteiger partial charge in [-0.15, -0.1) is 0 Å². The van der Waals surface area contributed by atoms with Crippen molar-refractivity contribution < 1.29 is 13.2 Å². The molecule has 0 atom stereocenters. The van der Waals surface area contributed by atoms with E-state index in [9.17, 15) is 13.2 Å². The number of hydrogen-bond acceptors (Lipinski definition) is 7. The summed E-state index contributed by atoms with van der Waals surface area (Å²) in [5, 5.41) is 7.69. The fourth-order valence-corrected chi connectivity index (χ4v) is 6.65. The van der Waals surface area contributed by atoms with E-state index in [4.69, 9.17) is 4.98 Å². The van der Waals surface area contributed by atoms with Gasteiger partial charge in [-0.1, -0.05) is 0 Å². The smallest absolute Gasteiger partial charge is 0.264 e. The largest absolute Gasteiger partial charge is 0.324 e. The molecule has 0 saturated carbocycles. The Balaban J connectivity index is 1.24. The Morgan fingerprint density at radius 1 is 1.03 bits per heavy atom. The Bertz CT molecular complexity index is 1730. The third-order valence-electron chi connectivity index (χ3n) is 7.28. The third-order valence-corrected chi connectivity index (χ3v) is 9.09. The van der Waals surface area contributed by atoms with E-state index in [1.54, 1.807) is 42.5 Å². The number of likely N-dealkylation sites (N-methyl/N-ethyl adjacent to an activating group) is 1. The monoisotopic (exact) mass is 543 g/mol. The van der Waals surface area contributed by atoms with E-state index in [2.05, 4.69) is 29.2 Å². The highest BCUT2D eigenvalue weighted by Crippen LogP contribution is 2.37. The molecule has 2 aliphatic heterocycles. The topological polar surface area (TPSA) is 113 Å². The average Bonchev–Trinajstić information content (AvgIpc) is 3.63. The number of fused-ring (bicyclic) bond motifs is 2. The highest BCUT2D eigenvalue weighted by molar-refractivity contribution is 7.92. The SMILES string of the molecule is Cc1cnc(Nc2ccc3c(c2)CCN3S(=O)(=O)c2ccc3c(c2)CC(=O)N3C)nc1-c1cnn(C(C)C)c1. The Morgan fingerprint density at radius 2 is 1.82 bits per heavy atom. The molecule has 6 rings (SSSR count). The molecular weight excluding hydrogens is 514 g/mol. The summed E-state index contributed by atoms with van der Waals surface area (Å²) in [6, 6.07) is 10.8. The van der Waals surface area contributed by atoms with Crippen molar-refractivity contribution in [2.24, 2.45) is 0 Å². The molecule has 39 heavy (non-hydrogen) atoms. The minimum atomic E-state index is -3.78. The molecule has 2 aromatic heterocycles. The lowest BCUT2D eigenvalue weighted by Crippen LogP contribution is -2.29. The number of aryl methyl sites for hydroxylation is 1. The predicted molar refractivity (Wildman–Crippen MR) is 150 cm³/mol. The summed E-state index contributed by atoms with van der Waals surface area (Å²) in [5.74, 6) is 0.411. The van der Waals surface area contributed by atoms with Crippen LogP contribution in [-0.4, -0.2) is 47.7 Å². The maximum atomic E-state index is 13.6. The van der Waals surface area contributed by atoms with Crippen LogP contribution in [0.3, 0.4) is 0 Å². The van der Waals surface area contributed by atoms with Crippen molar-refractivity contribution in [3.63, 3.8) is 0 Å². The first-order valence-electron chi connectivity index (χ1n) is 12.8. The predicted octanol–water partition coefficient (Wildman–Crippen LogP) is 4.24. The van der Waals surface area contributed by atoms with Gasteiger partial charge in [0.1, 0.15) is 0 Å². The number of anilines is 4. The van der Waals surface area contributed by atoms with Gasteiger partial charge in [-0.25, -0.2) is 18.4 Å². The van der Waals surface area contributed by atoms with Crippen LogP contribution in [0.4, 0.5) is 23.0 Å². The number of amides is 1. The molecule has 0 saturated heterocycles. The van der Waals surface area contributed by atoms with Gasteiger partial charge in [0, 0.05) is 49.0 Å². The van der Waals surface area contributed by atoms with E-state index >= 15 is 0 Å². The molecule has 11 heteroatoms. The first-order valence-corrected chi connectivity index (χ1v) is 14.3. The van der Waals surface area contributed by atoms with Crippen molar-refractivity contribution in [3.05, 3.63) is 71.7 Å². The van der Waals surface area contributed by atoms with Gasteiger partial charge in [0.15, 0.2) is 0 Å². The minimum Gasteiger partial charge on any atom is -0.324 e. The van der Waals surface area contributed by atoms with Crippen molar-refractivity contribution in [1.29, 1.82) is 0 Å². The van der Waals surface area contributed by atoms with Crippen LogP contribution in [0.1, 0.15) is 36.6 Å². The number of sulfonamides is 1. The van der Waals surface area contributed by atoms with E-state index < -0.39 is 10.0 Å². The molecule has 1 amide bonds. The average molecular weight is 544 g/mol. The summed E-state index contributed by atoms with van der Waals surface area (Å²) >= 11 is 0. The minimum absolute atomic E-state index is 0.0404. The summed E-state index contributed by atoms with van der Waals surface area (Å²) in [5.41, 5.74) is 6.51. The van der Waals surface area contributed by atoms with Crippen molar-refractivity contribution >= 4 is 38.9 Å². The zero-order valence-electron chi connectivity index (χ0n) is 22.2. The number of benzene rings is 2. The quantitative estimate of drug-likeness (QED) is 0.387. The molecule has 4 heterocycles. The van der Waals surface area contributed by atoms with Gasteiger partial charge in [0.2, 0.25) is 11.9 Å². The molecule has 2 aliphatic rings. The zero-order chi connectivity index (χ0) is 27.5. The van der Waals surface area contributed by atoms with E-state index in [-0.39, 0.29) is 23.3 Å². The van der Waals surface area contributed by atoms with Crippen LogP contribution in [0, 0.1) is 6.92 Å². The fraction of sp³-hybridized carbons (Fsp3) is 0.286. The number of hydrogen-bond donors (Lipinski definition) is 1. The van der Waals surface area contributed by atoms with E-state index in [0.717, 1.165) is 39.3 Å². The highest BCUT2D eigenvalue weighted by Gasteiger charge is 2.33. The number of nitrogens with one attached hydrogen (secondary N) is 1. The molecular formula is C28H29N7O3S. The van der Waals surface area contributed by atoms with Crippen molar-refractivity contribution in [3.8, 4) is 11.3 Å². The van der Waals surface area contributed by atoms with E-state index in [1.165, 1.54) is 4.31 Å². The molecule has 0 radical (unpaired) electrons. The van der Waals surface area contributed by atoms with Crippen LogP contribution in [0.25, 0.3) is 11.3 Å². The number of aromatic nitrogens is 4. The van der Waals surface area contributed by atoms with Gasteiger partial charge in [-0.2, -0.15) is 5.10 Å². The molecule has 200 valence electrons. The van der Waals surface area contributed by atoms with Crippen molar-refractivity contribution in [2.75, 3.05) is 28.1 Å². The van der Waals surface area contributed by atoms with Crippen LogP contribution in [-0.2, 0) is 27.7 Å². The van der Waals surface area contributed by atoms with Crippen molar-refractivity contribution in [2.45, 2.75) is 44.6 Å². The molecule has 2 aromatic carbocycles. The summed E-state index contributed by atoms with van der Waals surface area (Å²) < 4.78 is 30.5. The summed E-state index contributed by atoms with van der Waals surface area (Å²) in [4.78, 5) is 23.0. The maximum absolute atomic E-state index is 13.6. The van der Waals surface area contributed by atoms with Gasteiger partial charge >= 0.3 is 0 Å². The number of rotatable bonds is 6. The molecule has 4 aromatic rings. The van der Waals surface area contributed by atoms with Gasteiger partial charge in [0.05, 0.1) is 28.9 Å². The van der Waals surface area contributed by atoms with Crippen LogP contribution < -0.4 is 14.5 Å². The lowest BCUT2D eigenvalue weighted by Gasteiger charge is -2.20. The molecule has 0 spiro atoms. The maximum Gasteiger partial charge on any atom is 0.264 e. The second-order valence-electron chi connectivity index (χ2n) is 10.2. The summed E-state index contributed by atoms with van der Waals surface area (Å²) in [6.45, 7) is 6.46. The number of nitrogens with zero attached hydrogens (tertiary/aromatic N) is 6. The summed E-state index contributed by atoms with van der Waals surface area (Å²) in [6.07, 6.45) is 6.36. The number of carbonyl (C=O) groups is 1. The van der Waals surface area contributed by atoms with Crippen molar-refractivity contribution in [1.82, 2.24) is 19.7 Å².